The van der Waals surface area contributed by atoms with Crippen molar-refractivity contribution in [2.75, 3.05) is 31.1 Å². The maximum absolute atomic E-state index is 12.1. The van der Waals surface area contributed by atoms with Gasteiger partial charge in [0.25, 0.3) is 5.56 Å². The van der Waals surface area contributed by atoms with Crippen LogP contribution in [0, 0.1) is 5.92 Å². The molecule has 2 heterocycles. The van der Waals surface area contributed by atoms with E-state index in [0.717, 1.165) is 32.4 Å². The summed E-state index contributed by atoms with van der Waals surface area (Å²) in [7, 11) is 1.58. The number of anilines is 1. The van der Waals surface area contributed by atoms with Gasteiger partial charge in [-0.25, -0.2) is 4.68 Å². The molecule has 0 spiro atoms. The first-order valence-electron chi connectivity index (χ1n) is 7.33. The smallest absolute Gasteiger partial charge is 0.287 e. The number of hydrogen-bond acceptors (Lipinski definition) is 4. The second-order valence-corrected chi connectivity index (χ2v) is 6.09. The maximum atomic E-state index is 12.1. The third-order valence-corrected chi connectivity index (χ3v) is 4.49. The van der Waals surface area contributed by atoms with Gasteiger partial charge in [-0.2, -0.15) is 5.10 Å². The quantitative estimate of drug-likeness (QED) is 0.814. The molecule has 1 aromatic heterocycles. The van der Waals surface area contributed by atoms with Crippen molar-refractivity contribution >= 4 is 23.2 Å². The van der Waals surface area contributed by atoms with Crippen molar-refractivity contribution in [2.24, 2.45) is 13.0 Å². The van der Waals surface area contributed by atoms with Gasteiger partial charge in [0, 0.05) is 39.1 Å². The molecule has 0 atom stereocenters. The Kier molecular flexibility index (Phi) is 3.89. The van der Waals surface area contributed by atoms with Gasteiger partial charge >= 0.3 is 0 Å². The average Bonchev–Trinajstić information content (AvgIpc) is 3.30. The fourth-order valence-corrected chi connectivity index (χ4v) is 2.98. The molecule has 0 unspecified atom stereocenters. The lowest BCUT2D eigenvalue weighted by Crippen LogP contribution is -2.36. The van der Waals surface area contributed by atoms with E-state index in [1.807, 2.05) is 4.90 Å². The minimum Gasteiger partial charge on any atom is -0.367 e. The average molecular weight is 311 g/mol. The SMILES string of the molecule is Cn1ncc(N2CCCN(C(=O)C3CC3)CC2)c(Cl)c1=O. The monoisotopic (exact) mass is 310 g/mol. The van der Waals surface area contributed by atoms with Gasteiger partial charge in [-0.1, -0.05) is 11.6 Å². The number of nitrogens with zero attached hydrogens (tertiary/aromatic N) is 4. The highest BCUT2D eigenvalue weighted by atomic mass is 35.5. The molecule has 7 heteroatoms. The summed E-state index contributed by atoms with van der Waals surface area (Å²) in [6.07, 6.45) is 4.57. The molecule has 1 amide bonds. The van der Waals surface area contributed by atoms with Crippen molar-refractivity contribution in [1.29, 1.82) is 0 Å². The predicted molar refractivity (Wildman–Crippen MR) is 80.6 cm³/mol. The molecule has 1 aliphatic carbocycles. The van der Waals surface area contributed by atoms with Gasteiger partial charge in [0.05, 0.1) is 11.9 Å². The lowest BCUT2D eigenvalue weighted by atomic mass is 10.3. The molecule has 6 nitrogen and oxygen atoms in total. The molecule has 1 aliphatic heterocycles. The summed E-state index contributed by atoms with van der Waals surface area (Å²) < 4.78 is 1.23. The molecule has 0 radical (unpaired) electrons. The van der Waals surface area contributed by atoms with E-state index in [9.17, 15) is 9.59 Å². The zero-order valence-electron chi connectivity index (χ0n) is 12.1. The van der Waals surface area contributed by atoms with E-state index in [2.05, 4.69) is 10.00 Å². The van der Waals surface area contributed by atoms with Crippen LogP contribution in [0.25, 0.3) is 0 Å². The van der Waals surface area contributed by atoms with Crippen LogP contribution in [0.2, 0.25) is 5.02 Å². The highest BCUT2D eigenvalue weighted by Gasteiger charge is 2.34. The molecule has 0 N–H and O–H groups in total. The van der Waals surface area contributed by atoms with Gasteiger partial charge in [0.1, 0.15) is 5.02 Å². The van der Waals surface area contributed by atoms with E-state index < -0.39 is 0 Å². The van der Waals surface area contributed by atoms with Gasteiger partial charge in [-0.05, 0) is 19.3 Å². The van der Waals surface area contributed by atoms with Gasteiger partial charge < -0.3 is 9.80 Å². The number of rotatable bonds is 2. The standard InChI is InChI=1S/C14H19ClN4O2/c1-17-14(21)12(15)11(9-16-17)18-5-2-6-19(8-7-18)13(20)10-3-4-10/h9-10H,2-8H2,1H3. The topological polar surface area (TPSA) is 58.4 Å². The van der Waals surface area contributed by atoms with E-state index in [1.165, 1.54) is 4.68 Å². The Morgan fingerprint density at radius 1 is 1.29 bits per heavy atom. The van der Waals surface area contributed by atoms with Crippen molar-refractivity contribution in [1.82, 2.24) is 14.7 Å². The lowest BCUT2D eigenvalue weighted by Gasteiger charge is -2.24. The number of aromatic nitrogens is 2. The van der Waals surface area contributed by atoms with Crippen molar-refractivity contribution in [3.63, 3.8) is 0 Å². The summed E-state index contributed by atoms with van der Waals surface area (Å²) in [5.41, 5.74) is 0.379. The molecule has 2 fully saturated rings. The second kappa shape index (κ2) is 5.67. The number of aryl methyl sites for hydroxylation is 1. The molecule has 2 aliphatic rings. The van der Waals surface area contributed by atoms with Crippen LogP contribution in [0.15, 0.2) is 11.0 Å². The van der Waals surface area contributed by atoms with E-state index in [1.54, 1.807) is 13.2 Å². The maximum Gasteiger partial charge on any atom is 0.287 e. The lowest BCUT2D eigenvalue weighted by molar-refractivity contribution is -0.132. The molecule has 21 heavy (non-hydrogen) atoms. The largest absolute Gasteiger partial charge is 0.367 e. The Hall–Kier alpha value is -1.56. The Labute approximate surface area is 128 Å². The Balaban J connectivity index is 1.74. The highest BCUT2D eigenvalue weighted by Crippen LogP contribution is 2.31. The fraction of sp³-hybridized carbons (Fsp3) is 0.643. The van der Waals surface area contributed by atoms with Crippen molar-refractivity contribution in [3.8, 4) is 0 Å². The molecule has 0 bridgehead atoms. The van der Waals surface area contributed by atoms with E-state index in [-0.39, 0.29) is 22.4 Å². The van der Waals surface area contributed by atoms with Crippen molar-refractivity contribution in [2.45, 2.75) is 19.3 Å². The first-order valence-corrected chi connectivity index (χ1v) is 7.71. The number of halogens is 1. The zero-order valence-corrected chi connectivity index (χ0v) is 12.8. The molecule has 114 valence electrons. The zero-order chi connectivity index (χ0) is 15.0. The van der Waals surface area contributed by atoms with Crippen LogP contribution in [0.5, 0.6) is 0 Å². The molecule has 3 rings (SSSR count). The first kappa shape index (κ1) is 14.4. The summed E-state index contributed by atoms with van der Waals surface area (Å²) in [4.78, 5) is 28.0. The van der Waals surface area contributed by atoms with Crippen LogP contribution >= 0.6 is 11.6 Å². The van der Waals surface area contributed by atoms with Crippen LogP contribution in [0.4, 0.5) is 5.69 Å². The molecule has 1 saturated carbocycles. The third-order valence-electron chi connectivity index (χ3n) is 4.13. The summed E-state index contributed by atoms with van der Waals surface area (Å²) in [5.74, 6) is 0.538. The fourth-order valence-electron chi connectivity index (χ4n) is 2.69. The number of carbonyl (C=O) groups excluding carboxylic acids is 1. The summed E-state index contributed by atoms with van der Waals surface area (Å²) in [6.45, 7) is 2.93. The Bertz CT molecular complexity index is 611. The third kappa shape index (κ3) is 2.90. The summed E-state index contributed by atoms with van der Waals surface area (Å²) in [6, 6.07) is 0. The van der Waals surface area contributed by atoms with E-state index >= 15 is 0 Å². The van der Waals surface area contributed by atoms with Gasteiger partial charge in [-0.3, -0.25) is 9.59 Å². The highest BCUT2D eigenvalue weighted by molar-refractivity contribution is 6.33. The van der Waals surface area contributed by atoms with E-state index in [4.69, 9.17) is 11.6 Å². The normalized spacial score (nSPS) is 19.5. The molecule has 1 saturated heterocycles. The minimum atomic E-state index is -0.288. The minimum absolute atomic E-state index is 0.203. The van der Waals surface area contributed by atoms with Gasteiger partial charge in [0.15, 0.2) is 0 Å². The van der Waals surface area contributed by atoms with Gasteiger partial charge in [0.2, 0.25) is 5.91 Å². The van der Waals surface area contributed by atoms with Crippen LogP contribution < -0.4 is 10.5 Å². The van der Waals surface area contributed by atoms with E-state index in [0.29, 0.717) is 18.8 Å². The van der Waals surface area contributed by atoms with Crippen molar-refractivity contribution < 1.29 is 4.79 Å². The first-order chi connectivity index (χ1) is 10.1. The predicted octanol–water partition coefficient (Wildman–Crippen LogP) is 0.882. The number of carbonyl (C=O) groups is 1. The van der Waals surface area contributed by atoms with Crippen molar-refractivity contribution in [3.05, 3.63) is 21.6 Å². The van der Waals surface area contributed by atoms with Gasteiger partial charge in [-0.15, -0.1) is 0 Å². The summed E-state index contributed by atoms with van der Waals surface area (Å²) >= 11 is 6.15. The molecular weight excluding hydrogens is 292 g/mol. The van der Waals surface area contributed by atoms with Crippen LogP contribution in [-0.2, 0) is 11.8 Å². The molecule has 1 aromatic rings. The Morgan fingerprint density at radius 3 is 2.76 bits per heavy atom. The molecule has 0 aromatic carbocycles. The second-order valence-electron chi connectivity index (χ2n) is 5.71. The number of amides is 1. The van der Waals surface area contributed by atoms with Crippen LogP contribution in [0.3, 0.4) is 0 Å². The Morgan fingerprint density at radius 2 is 2.05 bits per heavy atom. The summed E-state index contributed by atoms with van der Waals surface area (Å²) in [5, 5.41) is 4.24. The number of hydrogen-bond donors (Lipinski definition) is 0. The molecular formula is C14H19ClN4O2. The van der Waals surface area contributed by atoms with Crippen LogP contribution in [-0.4, -0.2) is 46.8 Å². The van der Waals surface area contributed by atoms with Crippen LogP contribution in [0.1, 0.15) is 19.3 Å².